The predicted octanol–water partition coefficient (Wildman–Crippen LogP) is 7.12. The number of benzene rings is 3. The molecule has 0 bridgehead atoms. The highest BCUT2D eigenvalue weighted by Crippen LogP contribution is 2.30. The molecule has 170 valence electrons. The van der Waals surface area contributed by atoms with Gasteiger partial charge in [-0.05, 0) is 66.3 Å². The van der Waals surface area contributed by atoms with E-state index in [-0.39, 0.29) is 0 Å². The van der Waals surface area contributed by atoms with Crippen molar-refractivity contribution in [2.45, 2.75) is 33.1 Å². The molecule has 0 heterocycles. The van der Waals surface area contributed by atoms with E-state index in [4.69, 9.17) is 14.2 Å². The van der Waals surface area contributed by atoms with E-state index in [9.17, 15) is 5.26 Å². The van der Waals surface area contributed by atoms with Crippen LogP contribution in [0.4, 0.5) is 0 Å². The molecule has 0 radical (unpaired) electrons. The largest absolute Gasteiger partial charge is 0.490 e. The van der Waals surface area contributed by atoms with E-state index in [1.807, 2.05) is 73.7 Å². The normalized spacial score (nSPS) is 12.0. The van der Waals surface area contributed by atoms with Crippen LogP contribution in [-0.4, -0.2) is 19.8 Å². The van der Waals surface area contributed by atoms with Crippen molar-refractivity contribution in [3.63, 3.8) is 0 Å². The fourth-order valence-corrected chi connectivity index (χ4v) is 3.41. The van der Waals surface area contributed by atoms with Crippen LogP contribution in [-0.2, 0) is 0 Å². The van der Waals surface area contributed by atoms with Crippen molar-refractivity contribution in [3.8, 4) is 23.3 Å². The standard InChI is InChI=1S/C29H31NO3/c1-4-22(3)24-12-14-27(15-13-24)32-17-18-33-28-16-11-23(20-29(28)31-5-2)19-26(21-30)25-9-7-6-8-10-25/h6-16,19-20,22H,4-5,17-18H2,1-3H3/b26-19-. The summed E-state index contributed by atoms with van der Waals surface area (Å²) in [5.41, 5.74) is 3.68. The quantitative estimate of drug-likeness (QED) is 0.181. The zero-order chi connectivity index (χ0) is 23.5. The van der Waals surface area contributed by atoms with Gasteiger partial charge in [-0.2, -0.15) is 5.26 Å². The molecule has 0 aromatic heterocycles. The number of rotatable bonds is 11. The van der Waals surface area contributed by atoms with Crippen LogP contribution in [0.3, 0.4) is 0 Å². The van der Waals surface area contributed by atoms with Gasteiger partial charge in [0, 0.05) is 0 Å². The van der Waals surface area contributed by atoms with Crippen molar-refractivity contribution in [2.75, 3.05) is 19.8 Å². The maximum atomic E-state index is 9.57. The van der Waals surface area contributed by atoms with Crippen LogP contribution < -0.4 is 14.2 Å². The predicted molar refractivity (Wildman–Crippen MR) is 134 cm³/mol. The summed E-state index contributed by atoms with van der Waals surface area (Å²) in [5, 5.41) is 9.57. The van der Waals surface area contributed by atoms with Crippen molar-refractivity contribution < 1.29 is 14.2 Å². The van der Waals surface area contributed by atoms with E-state index < -0.39 is 0 Å². The van der Waals surface area contributed by atoms with Gasteiger partial charge in [0.1, 0.15) is 19.0 Å². The molecule has 0 saturated heterocycles. The third kappa shape index (κ3) is 6.89. The van der Waals surface area contributed by atoms with Crippen LogP contribution >= 0.6 is 0 Å². The smallest absolute Gasteiger partial charge is 0.161 e. The molecule has 1 unspecified atom stereocenters. The van der Waals surface area contributed by atoms with Gasteiger partial charge in [0.05, 0.1) is 18.2 Å². The van der Waals surface area contributed by atoms with E-state index in [0.29, 0.717) is 42.8 Å². The Morgan fingerprint density at radius 2 is 1.61 bits per heavy atom. The molecule has 3 aromatic carbocycles. The third-order valence-corrected chi connectivity index (χ3v) is 5.45. The minimum atomic E-state index is 0.399. The molecule has 33 heavy (non-hydrogen) atoms. The Kier molecular flexibility index (Phi) is 8.97. The number of hydrogen-bond donors (Lipinski definition) is 0. The van der Waals surface area contributed by atoms with E-state index in [0.717, 1.165) is 23.3 Å². The monoisotopic (exact) mass is 441 g/mol. The molecule has 0 amide bonds. The van der Waals surface area contributed by atoms with E-state index in [1.54, 1.807) is 0 Å². The van der Waals surface area contributed by atoms with Crippen LogP contribution in [0.25, 0.3) is 11.6 Å². The van der Waals surface area contributed by atoms with Crippen molar-refractivity contribution in [1.82, 2.24) is 0 Å². The van der Waals surface area contributed by atoms with Crippen molar-refractivity contribution in [1.29, 1.82) is 5.26 Å². The Labute approximate surface area is 197 Å². The Morgan fingerprint density at radius 1 is 0.879 bits per heavy atom. The van der Waals surface area contributed by atoms with Crippen LogP contribution in [0.5, 0.6) is 17.2 Å². The molecule has 1 atom stereocenters. The minimum Gasteiger partial charge on any atom is -0.490 e. The zero-order valence-electron chi connectivity index (χ0n) is 19.6. The summed E-state index contributed by atoms with van der Waals surface area (Å²) in [6.07, 6.45) is 2.97. The van der Waals surface area contributed by atoms with Crippen molar-refractivity contribution in [3.05, 3.63) is 89.5 Å². The average molecular weight is 442 g/mol. The van der Waals surface area contributed by atoms with Crippen molar-refractivity contribution in [2.24, 2.45) is 0 Å². The average Bonchev–Trinajstić information content (AvgIpc) is 2.86. The minimum absolute atomic E-state index is 0.399. The summed E-state index contributed by atoms with van der Waals surface area (Å²) in [4.78, 5) is 0. The van der Waals surface area contributed by atoms with Gasteiger partial charge in [-0.25, -0.2) is 0 Å². The highest BCUT2D eigenvalue weighted by atomic mass is 16.5. The van der Waals surface area contributed by atoms with Crippen LogP contribution in [0.15, 0.2) is 72.8 Å². The van der Waals surface area contributed by atoms with Crippen LogP contribution in [0.1, 0.15) is 49.8 Å². The molecule has 0 aliphatic heterocycles. The van der Waals surface area contributed by atoms with Gasteiger partial charge in [0.25, 0.3) is 0 Å². The fourth-order valence-electron chi connectivity index (χ4n) is 3.41. The van der Waals surface area contributed by atoms with E-state index >= 15 is 0 Å². The molecule has 0 fully saturated rings. The first-order valence-electron chi connectivity index (χ1n) is 11.4. The first-order valence-corrected chi connectivity index (χ1v) is 11.4. The highest BCUT2D eigenvalue weighted by Gasteiger charge is 2.08. The fraction of sp³-hybridized carbons (Fsp3) is 0.276. The maximum Gasteiger partial charge on any atom is 0.161 e. The van der Waals surface area contributed by atoms with Gasteiger partial charge < -0.3 is 14.2 Å². The van der Waals surface area contributed by atoms with Crippen molar-refractivity contribution >= 4 is 11.6 Å². The van der Waals surface area contributed by atoms with Gasteiger partial charge in [0.2, 0.25) is 0 Å². The lowest BCUT2D eigenvalue weighted by molar-refractivity contribution is 0.208. The number of nitrogens with zero attached hydrogens (tertiary/aromatic N) is 1. The third-order valence-electron chi connectivity index (χ3n) is 5.45. The molecule has 0 aliphatic carbocycles. The molecule has 0 saturated carbocycles. The lowest BCUT2D eigenvalue weighted by atomic mass is 9.99. The number of allylic oxidation sites excluding steroid dienone is 1. The van der Waals surface area contributed by atoms with E-state index in [1.165, 1.54) is 5.56 Å². The molecular weight excluding hydrogens is 410 g/mol. The second-order valence-electron chi connectivity index (χ2n) is 7.75. The van der Waals surface area contributed by atoms with Gasteiger partial charge in [-0.3, -0.25) is 0 Å². The van der Waals surface area contributed by atoms with Gasteiger partial charge in [-0.15, -0.1) is 0 Å². The Balaban J connectivity index is 1.62. The number of nitriles is 1. The molecule has 0 aliphatic rings. The summed E-state index contributed by atoms with van der Waals surface area (Å²) in [6.45, 7) is 7.70. The first kappa shape index (κ1) is 23.9. The lowest BCUT2D eigenvalue weighted by Gasteiger charge is -2.14. The summed E-state index contributed by atoms with van der Waals surface area (Å²) in [6, 6.07) is 25.8. The second-order valence-corrected chi connectivity index (χ2v) is 7.75. The summed E-state index contributed by atoms with van der Waals surface area (Å²) < 4.78 is 17.5. The Morgan fingerprint density at radius 3 is 2.27 bits per heavy atom. The van der Waals surface area contributed by atoms with Crippen LogP contribution in [0.2, 0.25) is 0 Å². The second kappa shape index (κ2) is 12.4. The first-order chi connectivity index (χ1) is 16.1. The Bertz CT molecular complexity index is 1080. The van der Waals surface area contributed by atoms with E-state index in [2.05, 4.69) is 32.0 Å². The van der Waals surface area contributed by atoms with Gasteiger partial charge >= 0.3 is 0 Å². The number of ether oxygens (including phenoxy) is 3. The topological polar surface area (TPSA) is 51.5 Å². The Hall–Kier alpha value is -3.71. The van der Waals surface area contributed by atoms with Gasteiger partial charge in [0.15, 0.2) is 11.5 Å². The molecule has 0 spiro atoms. The molecule has 3 aromatic rings. The summed E-state index contributed by atoms with van der Waals surface area (Å²) >= 11 is 0. The maximum absolute atomic E-state index is 9.57. The van der Waals surface area contributed by atoms with Crippen LogP contribution in [0, 0.1) is 11.3 Å². The highest BCUT2D eigenvalue weighted by molar-refractivity contribution is 5.89. The lowest BCUT2D eigenvalue weighted by Crippen LogP contribution is -2.10. The SMILES string of the molecule is CCOc1cc(/C=C(/C#N)c2ccccc2)ccc1OCCOc1ccc(C(C)CC)cc1. The molecule has 4 nitrogen and oxygen atoms in total. The molecule has 0 N–H and O–H groups in total. The molecule has 4 heteroatoms. The summed E-state index contributed by atoms with van der Waals surface area (Å²) in [5.74, 6) is 2.69. The molecule has 3 rings (SSSR count). The summed E-state index contributed by atoms with van der Waals surface area (Å²) in [7, 11) is 0. The van der Waals surface area contributed by atoms with Gasteiger partial charge in [-0.1, -0.05) is 62.4 Å². The zero-order valence-corrected chi connectivity index (χ0v) is 19.6. The molecular formula is C29H31NO3. The number of hydrogen-bond acceptors (Lipinski definition) is 4.